The second-order valence-corrected chi connectivity index (χ2v) is 2.79. The first-order valence-corrected chi connectivity index (χ1v) is 3.71. The van der Waals surface area contributed by atoms with E-state index >= 15 is 0 Å². The number of carbonyl (C=O) groups excluding carboxylic acids is 1. The first-order valence-electron chi connectivity index (χ1n) is 3.71. The van der Waals surface area contributed by atoms with Gasteiger partial charge in [-0.15, -0.1) is 5.46 Å². The topological polar surface area (TPSA) is 69.1 Å². The number of halogens is 3. The van der Waals surface area contributed by atoms with Gasteiger partial charge in [-0.2, -0.15) is 0 Å². The molecule has 0 fully saturated rings. The molecule has 8 heteroatoms. The molecule has 0 radical (unpaired) electrons. The van der Waals surface area contributed by atoms with Gasteiger partial charge in [-0.25, -0.2) is 0 Å². The van der Waals surface area contributed by atoms with Crippen LogP contribution < -0.4 is 68.3 Å². The van der Waals surface area contributed by atoms with Crippen molar-refractivity contribution < 1.29 is 69.1 Å². The van der Waals surface area contributed by atoms with Crippen LogP contribution >= 0.6 is 0 Å². The minimum Gasteiger partial charge on any atom is -0.445 e. The van der Waals surface area contributed by atoms with E-state index in [0.29, 0.717) is 6.07 Å². The molecule has 1 aromatic carbocycles. The normalized spacial score (nSPS) is 10.6. The van der Waals surface area contributed by atoms with Crippen LogP contribution in [0.15, 0.2) is 18.2 Å². The summed E-state index contributed by atoms with van der Waals surface area (Å²) in [6.45, 7) is -5.09. The van der Waals surface area contributed by atoms with Gasteiger partial charge in [0.15, 0.2) is 0 Å². The summed E-state index contributed by atoms with van der Waals surface area (Å²) in [5, 5.41) is 0. The van der Waals surface area contributed by atoms with Crippen molar-refractivity contribution in [2.45, 2.75) is 0 Å². The first kappa shape index (κ1) is 15.0. The molecule has 0 bridgehead atoms. The zero-order chi connectivity index (χ0) is 10.9. The van der Waals surface area contributed by atoms with Gasteiger partial charge in [0.25, 0.3) is 5.91 Å². The Morgan fingerprint density at radius 1 is 1.27 bits per heavy atom. The van der Waals surface area contributed by atoms with Crippen LogP contribution in [0.3, 0.4) is 0 Å². The molecule has 0 atom stereocenters. The zero-order valence-electron chi connectivity index (χ0n) is 8.01. The van der Waals surface area contributed by atoms with Crippen LogP contribution in [0.2, 0.25) is 0 Å². The van der Waals surface area contributed by atoms with Crippen LogP contribution in [0.5, 0.6) is 0 Å². The summed E-state index contributed by atoms with van der Waals surface area (Å²) in [6.07, 6.45) is 0. The largest absolute Gasteiger partial charge is 1.00 e. The van der Waals surface area contributed by atoms with E-state index in [1.165, 1.54) is 0 Å². The number of primary amides is 1. The fourth-order valence-corrected chi connectivity index (χ4v) is 1.01. The van der Waals surface area contributed by atoms with Gasteiger partial charge in [0.2, 0.25) is 0 Å². The molecule has 1 aromatic rings. The van der Waals surface area contributed by atoms with E-state index in [1.54, 1.807) is 0 Å². The molecule has 0 unspecified atom stereocenters. The molecule has 0 spiro atoms. The summed E-state index contributed by atoms with van der Waals surface area (Å²) >= 11 is 0. The number of rotatable bonds is 2. The van der Waals surface area contributed by atoms with Gasteiger partial charge in [-0.1, -0.05) is 18.2 Å². The molecule has 4 N–H and O–H groups in total. The van der Waals surface area contributed by atoms with Crippen LogP contribution in [0.4, 0.5) is 18.6 Å². The maximum Gasteiger partial charge on any atom is 1.00 e. The molecule has 76 valence electrons. The molecule has 0 aromatic heterocycles. The maximum absolute atomic E-state index is 12.2. The SMILES string of the molecule is NC(=O)c1ccc([B-](F)(F)F)cc1N.[K+]. The number of nitrogen functional groups attached to an aromatic ring is 1. The third-order valence-electron chi connectivity index (χ3n) is 1.72. The van der Waals surface area contributed by atoms with Crippen molar-refractivity contribution in [3.05, 3.63) is 23.8 Å². The van der Waals surface area contributed by atoms with Crippen molar-refractivity contribution in [3.8, 4) is 0 Å². The second-order valence-electron chi connectivity index (χ2n) is 2.79. The Hall–Kier alpha value is -0.0187. The summed E-state index contributed by atoms with van der Waals surface area (Å²) in [5.74, 6) is -0.844. The molecule has 0 aliphatic carbocycles. The maximum atomic E-state index is 12.2. The van der Waals surface area contributed by atoms with Crippen molar-refractivity contribution in [2.24, 2.45) is 5.73 Å². The quantitative estimate of drug-likeness (QED) is 0.442. The van der Waals surface area contributed by atoms with Crippen molar-refractivity contribution >= 4 is 24.0 Å². The van der Waals surface area contributed by atoms with Crippen LogP contribution in [-0.2, 0) is 0 Å². The number of anilines is 1. The summed E-state index contributed by atoms with van der Waals surface area (Å²) in [4.78, 5) is 10.6. The predicted octanol–water partition coefficient (Wildman–Crippen LogP) is -2.57. The molecule has 0 aliphatic heterocycles. The molecule has 0 saturated carbocycles. The molecule has 3 nitrogen and oxygen atoms in total. The average Bonchev–Trinajstić information content (AvgIpc) is 2.01. The zero-order valence-corrected chi connectivity index (χ0v) is 11.1. The molecule has 0 saturated heterocycles. The predicted molar refractivity (Wildman–Crippen MR) is 48.1 cm³/mol. The van der Waals surface area contributed by atoms with E-state index < -0.39 is 18.3 Å². The Morgan fingerprint density at radius 3 is 2.13 bits per heavy atom. The van der Waals surface area contributed by atoms with Crippen molar-refractivity contribution in [1.29, 1.82) is 0 Å². The summed E-state index contributed by atoms with van der Waals surface area (Å²) < 4.78 is 36.6. The fraction of sp³-hybridized carbons (Fsp3) is 0. The first-order chi connectivity index (χ1) is 6.32. The van der Waals surface area contributed by atoms with Crippen LogP contribution in [0.25, 0.3) is 0 Å². The second kappa shape index (κ2) is 5.35. The number of carbonyl (C=O) groups is 1. The molecule has 1 amide bonds. The van der Waals surface area contributed by atoms with Crippen LogP contribution in [0.1, 0.15) is 10.4 Å². The molecular formula is C7H7BF3KN2O. The number of amides is 1. The van der Waals surface area contributed by atoms with Crippen molar-refractivity contribution in [2.75, 3.05) is 5.73 Å². The van der Waals surface area contributed by atoms with Gasteiger partial charge in [0.05, 0.1) is 5.56 Å². The smallest absolute Gasteiger partial charge is 0.445 e. The third kappa shape index (κ3) is 3.80. The molecular weight excluding hydrogens is 235 g/mol. The van der Waals surface area contributed by atoms with E-state index in [9.17, 15) is 17.7 Å². The third-order valence-corrected chi connectivity index (χ3v) is 1.72. The summed E-state index contributed by atoms with van der Waals surface area (Å²) in [5.41, 5.74) is 8.91. The van der Waals surface area contributed by atoms with Gasteiger partial charge < -0.3 is 24.4 Å². The molecule has 0 heterocycles. The van der Waals surface area contributed by atoms with Crippen molar-refractivity contribution in [3.63, 3.8) is 0 Å². The van der Waals surface area contributed by atoms with Crippen molar-refractivity contribution in [1.82, 2.24) is 0 Å². The number of hydrogen-bond acceptors (Lipinski definition) is 2. The Balaban J connectivity index is 0.00000196. The van der Waals surface area contributed by atoms with Gasteiger partial charge in [-0.05, 0) is 0 Å². The monoisotopic (exact) mass is 242 g/mol. The Kier molecular flexibility index (Phi) is 5.35. The number of hydrogen-bond donors (Lipinski definition) is 2. The molecule has 15 heavy (non-hydrogen) atoms. The van der Waals surface area contributed by atoms with Gasteiger partial charge in [0, 0.05) is 5.69 Å². The average molecular weight is 242 g/mol. The minimum absolute atomic E-state index is 0. The number of nitrogens with two attached hydrogens (primary N) is 2. The van der Waals surface area contributed by atoms with Crippen LogP contribution in [0, 0.1) is 0 Å². The van der Waals surface area contributed by atoms with E-state index in [2.05, 4.69) is 0 Å². The van der Waals surface area contributed by atoms with E-state index in [0.717, 1.165) is 12.1 Å². The van der Waals surface area contributed by atoms with Gasteiger partial charge >= 0.3 is 58.4 Å². The fourth-order valence-electron chi connectivity index (χ4n) is 1.01. The minimum atomic E-state index is -5.09. The van der Waals surface area contributed by atoms with Crippen LogP contribution in [-0.4, -0.2) is 12.9 Å². The Labute approximate surface area is 127 Å². The number of benzene rings is 1. The van der Waals surface area contributed by atoms with E-state index in [-0.39, 0.29) is 62.6 Å². The molecule has 1 rings (SSSR count). The summed E-state index contributed by atoms with van der Waals surface area (Å²) in [7, 11) is 0. The van der Waals surface area contributed by atoms with Gasteiger partial charge in [-0.3, -0.25) is 4.79 Å². The standard InChI is InChI=1S/C7H7BF3N2O.K/c9-8(10,11)4-1-2-5(7(13)14)6(12)3-4;/h1-3H,12H2,(H2,13,14);/q-1;+1. The molecule has 0 aliphatic rings. The Morgan fingerprint density at radius 2 is 1.80 bits per heavy atom. The van der Waals surface area contributed by atoms with Gasteiger partial charge in [0.1, 0.15) is 0 Å². The van der Waals surface area contributed by atoms with E-state index in [1.807, 2.05) is 0 Å². The summed E-state index contributed by atoms with van der Waals surface area (Å²) in [6, 6.07) is 2.47. The van der Waals surface area contributed by atoms with E-state index in [4.69, 9.17) is 11.5 Å². The Bertz CT molecular complexity index is 383.